The molecule has 3 aliphatic rings. The first-order chi connectivity index (χ1) is 12.0. The zero-order chi connectivity index (χ0) is 17.4. The van der Waals surface area contributed by atoms with Crippen LogP contribution in [0.5, 0.6) is 5.75 Å². The van der Waals surface area contributed by atoms with Gasteiger partial charge in [-0.25, -0.2) is 0 Å². The van der Waals surface area contributed by atoms with Crippen LogP contribution in [0.25, 0.3) is 0 Å². The number of likely N-dealkylation sites (tertiary alicyclic amines) is 2. The van der Waals surface area contributed by atoms with Crippen LogP contribution >= 0.6 is 11.6 Å². The van der Waals surface area contributed by atoms with E-state index in [0.717, 1.165) is 25.1 Å². The van der Waals surface area contributed by atoms with Crippen molar-refractivity contribution in [3.63, 3.8) is 0 Å². The first kappa shape index (κ1) is 16.7. The van der Waals surface area contributed by atoms with E-state index in [1.54, 1.807) is 21.9 Å². The van der Waals surface area contributed by atoms with Crippen LogP contribution in [0, 0.1) is 5.41 Å². The molecule has 0 N–H and O–H groups in total. The van der Waals surface area contributed by atoms with E-state index in [2.05, 4.69) is 0 Å². The Morgan fingerprint density at radius 1 is 1.28 bits per heavy atom. The van der Waals surface area contributed by atoms with Crippen molar-refractivity contribution in [2.24, 2.45) is 5.41 Å². The van der Waals surface area contributed by atoms with E-state index in [-0.39, 0.29) is 29.9 Å². The lowest BCUT2D eigenvalue weighted by Gasteiger charge is -2.39. The van der Waals surface area contributed by atoms with Crippen molar-refractivity contribution in [2.45, 2.75) is 38.2 Å². The molecule has 0 radical (unpaired) electrons. The number of ether oxygens (including phenoxy) is 1. The monoisotopic (exact) mass is 362 g/mol. The maximum Gasteiger partial charge on any atom is 0.242 e. The molecule has 0 atom stereocenters. The second kappa shape index (κ2) is 6.52. The molecule has 5 nitrogen and oxygen atoms in total. The minimum absolute atomic E-state index is 0.00197. The molecule has 1 saturated carbocycles. The van der Waals surface area contributed by atoms with Crippen molar-refractivity contribution in [2.75, 3.05) is 26.2 Å². The molecule has 1 aliphatic carbocycles. The van der Waals surface area contributed by atoms with Crippen molar-refractivity contribution >= 4 is 23.4 Å². The van der Waals surface area contributed by atoms with E-state index in [1.165, 1.54) is 12.8 Å². The fourth-order valence-electron chi connectivity index (χ4n) is 4.30. The molecule has 134 valence electrons. The summed E-state index contributed by atoms with van der Waals surface area (Å²) < 4.78 is 5.82. The number of benzene rings is 1. The molecule has 4 rings (SSSR count). The van der Waals surface area contributed by atoms with Gasteiger partial charge in [0.25, 0.3) is 0 Å². The van der Waals surface area contributed by atoms with Crippen LogP contribution in [-0.2, 0) is 9.59 Å². The van der Waals surface area contributed by atoms with Gasteiger partial charge in [0, 0.05) is 18.0 Å². The smallest absolute Gasteiger partial charge is 0.242 e. The van der Waals surface area contributed by atoms with E-state index in [0.29, 0.717) is 24.5 Å². The Morgan fingerprint density at radius 2 is 2.04 bits per heavy atom. The summed E-state index contributed by atoms with van der Waals surface area (Å²) in [5, 5.41) is 0.637. The van der Waals surface area contributed by atoms with Crippen LogP contribution in [0.4, 0.5) is 0 Å². The second-order valence-electron chi connectivity index (χ2n) is 7.63. The van der Waals surface area contributed by atoms with Crippen LogP contribution in [0.3, 0.4) is 0 Å². The van der Waals surface area contributed by atoms with Crippen LogP contribution in [0.15, 0.2) is 24.3 Å². The standard InChI is InChI=1S/C19H23ClN2O3/c20-14-4-3-5-15(8-14)25-16-10-21(11-16)18(24)12-22-13-19(9-17(22)23)6-1-2-7-19/h3-5,8,16H,1-2,6-7,9-13H2. The van der Waals surface area contributed by atoms with Crippen LogP contribution in [0.2, 0.25) is 5.02 Å². The first-order valence-electron chi connectivity index (χ1n) is 9.01. The third kappa shape index (κ3) is 3.47. The minimum Gasteiger partial charge on any atom is -0.487 e. The zero-order valence-corrected chi connectivity index (χ0v) is 15.0. The van der Waals surface area contributed by atoms with E-state index in [9.17, 15) is 9.59 Å². The largest absolute Gasteiger partial charge is 0.487 e. The number of rotatable bonds is 4. The number of carbonyl (C=O) groups is 2. The van der Waals surface area contributed by atoms with Crippen molar-refractivity contribution in [3.8, 4) is 5.75 Å². The Bertz CT molecular complexity index is 681. The molecular formula is C19H23ClN2O3. The molecule has 2 heterocycles. The number of hydrogen-bond donors (Lipinski definition) is 0. The Hall–Kier alpha value is -1.75. The van der Waals surface area contributed by atoms with Crippen LogP contribution in [0.1, 0.15) is 32.1 Å². The van der Waals surface area contributed by atoms with Gasteiger partial charge < -0.3 is 14.5 Å². The summed E-state index contributed by atoms with van der Waals surface area (Å²) >= 11 is 5.95. The SMILES string of the molecule is O=C(CN1CC2(CCCC2)CC1=O)N1CC(Oc2cccc(Cl)c2)C1. The van der Waals surface area contributed by atoms with Gasteiger partial charge in [0.1, 0.15) is 11.9 Å². The van der Waals surface area contributed by atoms with E-state index >= 15 is 0 Å². The van der Waals surface area contributed by atoms with Gasteiger partial charge in [0.05, 0.1) is 19.6 Å². The normalized spacial score (nSPS) is 22.5. The van der Waals surface area contributed by atoms with E-state index in [1.807, 2.05) is 12.1 Å². The van der Waals surface area contributed by atoms with Gasteiger partial charge in [-0.1, -0.05) is 30.5 Å². The van der Waals surface area contributed by atoms with Crippen LogP contribution in [-0.4, -0.2) is 53.9 Å². The highest BCUT2D eigenvalue weighted by molar-refractivity contribution is 6.30. The second-order valence-corrected chi connectivity index (χ2v) is 8.07. The van der Waals surface area contributed by atoms with E-state index in [4.69, 9.17) is 16.3 Å². The Kier molecular flexibility index (Phi) is 4.36. The fraction of sp³-hybridized carbons (Fsp3) is 0.579. The van der Waals surface area contributed by atoms with Gasteiger partial charge in [-0.05, 0) is 36.5 Å². The summed E-state index contributed by atoms with van der Waals surface area (Å²) in [6.45, 7) is 2.11. The molecule has 0 aromatic heterocycles. The molecule has 6 heteroatoms. The molecule has 1 spiro atoms. The van der Waals surface area contributed by atoms with Gasteiger partial charge in [0.15, 0.2) is 0 Å². The van der Waals surface area contributed by atoms with Crippen LogP contribution < -0.4 is 4.74 Å². The minimum atomic E-state index is -0.00197. The molecule has 0 bridgehead atoms. The van der Waals surface area contributed by atoms with Gasteiger partial charge in [0.2, 0.25) is 11.8 Å². The highest BCUT2D eigenvalue weighted by atomic mass is 35.5. The lowest BCUT2D eigenvalue weighted by Crippen LogP contribution is -2.58. The molecule has 2 amide bonds. The maximum absolute atomic E-state index is 12.4. The Labute approximate surface area is 152 Å². The third-order valence-electron chi connectivity index (χ3n) is 5.70. The highest BCUT2D eigenvalue weighted by Gasteiger charge is 2.45. The summed E-state index contributed by atoms with van der Waals surface area (Å²) in [6, 6.07) is 7.28. The molecule has 1 aromatic rings. The van der Waals surface area contributed by atoms with Gasteiger partial charge in [-0.3, -0.25) is 9.59 Å². The predicted octanol–water partition coefficient (Wildman–Crippen LogP) is 2.72. The molecule has 0 unspecified atom stereocenters. The molecule has 1 aromatic carbocycles. The van der Waals surface area contributed by atoms with Gasteiger partial charge in [-0.2, -0.15) is 0 Å². The number of carbonyl (C=O) groups excluding carboxylic acids is 2. The fourth-order valence-corrected chi connectivity index (χ4v) is 4.48. The third-order valence-corrected chi connectivity index (χ3v) is 5.93. The Balaban J connectivity index is 1.25. The van der Waals surface area contributed by atoms with Crippen molar-refractivity contribution in [1.29, 1.82) is 0 Å². The number of halogens is 1. The summed E-state index contributed by atoms with van der Waals surface area (Å²) in [5.41, 5.74) is 0.157. The first-order valence-corrected chi connectivity index (χ1v) is 9.39. The lowest BCUT2D eigenvalue weighted by molar-refractivity contribution is -0.144. The number of nitrogens with zero attached hydrogens (tertiary/aromatic N) is 2. The zero-order valence-electron chi connectivity index (χ0n) is 14.2. The lowest BCUT2D eigenvalue weighted by atomic mass is 9.85. The van der Waals surface area contributed by atoms with E-state index < -0.39 is 0 Å². The molecule has 3 fully saturated rings. The quantitative estimate of drug-likeness (QED) is 0.827. The molecule has 2 saturated heterocycles. The Morgan fingerprint density at radius 3 is 2.76 bits per heavy atom. The number of amides is 2. The summed E-state index contributed by atoms with van der Waals surface area (Å²) in [5.74, 6) is 0.888. The van der Waals surface area contributed by atoms with Crippen molar-refractivity contribution in [3.05, 3.63) is 29.3 Å². The average molecular weight is 363 g/mol. The molecule has 25 heavy (non-hydrogen) atoms. The molecule has 2 aliphatic heterocycles. The summed E-state index contributed by atoms with van der Waals surface area (Å²) in [6.07, 6.45) is 5.30. The summed E-state index contributed by atoms with van der Waals surface area (Å²) in [7, 11) is 0. The van der Waals surface area contributed by atoms with Crippen molar-refractivity contribution < 1.29 is 14.3 Å². The van der Waals surface area contributed by atoms with Gasteiger partial charge >= 0.3 is 0 Å². The summed E-state index contributed by atoms with van der Waals surface area (Å²) in [4.78, 5) is 28.2. The maximum atomic E-state index is 12.4. The topological polar surface area (TPSA) is 49.9 Å². The average Bonchev–Trinajstić information content (AvgIpc) is 3.09. The highest BCUT2D eigenvalue weighted by Crippen LogP contribution is 2.45. The van der Waals surface area contributed by atoms with Gasteiger partial charge in [-0.15, -0.1) is 0 Å². The van der Waals surface area contributed by atoms with Crippen molar-refractivity contribution in [1.82, 2.24) is 9.80 Å². The predicted molar refractivity (Wildman–Crippen MR) is 94.5 cm³/mol. The molecular weight excluding hydrogens is 340 g/mol. The number of hydrogen-bond acceptors (Lipinski definition) is 3.